The molecule has 64 valence electrons. The van der Waals surface area contributed by atoms with Crippen LogP contribution in [0.4, 0.5) is 0 Å². The summed E-state index contributed by atoms with van der Waals surface area (Å²) in [4.78, 5) is 3.99. The maximum atomic E-state index is 3.99. The van der Waals surface area contributed by atoms with Crippen molar-refractivity contribution in [2.24, 2.45) is 0 Å². The summed E-state index contributed by atoms with van der Waals surface area (Å²) in [5.74, 6) is 1.52. The van der Waals surface area contributed by atoms with E-state index in [-0.39, 0.29) is 0 Å². The summed E-state index contributed by atoms with van der Waals surface area (Å²) in [5.41, 5.74) is 0. The molecule has 0 fully saturated rings. The van der Waals surface area contributed by atoms with Crippen LogP contribution in [0.1, 0.15) is 19.7 Å². The molecular weight excluding hydrogens is 152 g/mol. The number of rotatable bonds is 0. The molecule has 0 bridgehead atoms. The average Bonchev–Trinajstić information content (AvgIpc) is 2.53. The minimum Gasteiger partial charge on any atom is -0.271 e. The number of fused-ring (bicyclic) bond motifs is 1. The van der Waals surface area contributed by atoms with Gasteiger partial charge in [-0.15, -0.1) is 10.2 Å². The smallest absolute Gasteiger partial charge is 0.254 e. The van der Waals surface area contributed by atoms with Crippen molar-refractivity contribution in [1.82, 2.24) is 19.6 Å². The van der Waals surface area contributed by atoms with E-state index in [4.69, 9.17) is 0 Å². The zero-order chi connectivity index (χ0) is 8.97. The van der Waals surface area contributed by atoms with Crippen molar-refractivity contribution in [2.75, 3.05) is 0 Å². The van der Waals surface area contributed by atoms with E-state index >= 15 is 0 Å². The Kier molecular flexibility index (Phi) is 2.74. The first kappa shape index (κ1) is 8.64. The summed E-state index contributed by atoms with van der Waals surface area (Å²) >= 11 is 0. The monoisotopic (exact) mass is 164 g/mol. The van der Waals surface area contributed by atoms with E-state index in [2.05, 4.69) is 15.2 Å². The van der Waals surface area contributed by atoms with Gasteiger partial charge in [0.2, 0.25) is 0 Å². The van der Waals surface area contributed by atoms with E-state index in [9.17, 15) is 0 Å². The Balaban J connectivity index is 0.000000336. The lowest BCUT2D eigenvalue weighted by Gasteiger charge is -1.88. The van der Waals surface area contributed by atoms with Crippen molar-refractivity contribution >= 4 is 5.78 Å². The van der Waals surface area contributed by atoms with Gasteiger partial charge in [-0.3, -0.25) is 4.40 Å². The van der Waals surface area contributed by atoms with Crippen molar-refractivity contribution < 1.29 is 0 Å². The fourth-order valence-electron chi connectivity index (χ4n) is 0.855. The summed E-state index contributed by atoms with van der Waals surface area (Å²) in [6.07, 6.45) is 3.58. The predicted molar refractivity (Wildman–Crippen MR) is 46.9 cm³/mol. The molecule has 2 heterocycles. The Hall–Kier alpha value is -1.45. The SMILES string of the molecule is CC.Cc1nnc2ncccn12. The molecular formula is C8H12N4. The molecule has 0 saturated heterocycles. The molecule has 4 nitrogen and oxygen atoms in total. The summed E-state index contributed by atoms with van der Waals surface area (Å²) in [7, 11) is 0. The Labute approximate surface area is 71.3 Å². The Morgan fingerprint density at radius 1 is 1.25 bits per heavy atom. The van der Waals surface area contributed by atoms with Crippen LogP contribution in [0.5, 0.6) is 0 Å². The largest absolute Gasteiger partial charge is 0.271 e. The quantitative estimate of drug-likeness (QED) is 0.592. The van der Waals surface area contributed by atoms with Gasteiger partial charge in [0.05, 0.1) is 0 Å². The van der Waals surface area contributed by atoms with Crippen molar-refractivity contribution in [3.05, 3.63) is 24.3 Å². The van der Waals surface area contributed by atoms with E-state index in [0.717, 1.165) is 5.82 Å². The molecule has 0 aliphatic rings. The Morgan fingerprint density at radius 3 is 2.67 bits per heavy atom. The van der Waals surface area contributed by atoms with Gasteiger partial charge in [-0.2, -0.15) is 0 Å². The third-order valence-electron chi connectivity index (χ3n) is 1.36. The third kappa shape index (κ3) is 1.42. The Morgan fingerprint density at radius 2 is 2.00 bits per heavy atom. The molecule has 4 heteroatoms. The predicted octanol–water partition coefficient (Wildman–Crippen LogP) is 1.46. The molecule has 2 aromatic heterocycles. The molecule has 0 aromatic carbocycles. The van der Waals surface area contributed by atoms with Gasteiger partial charge >= 0.3 is 0 Å². The highest BCUT2D eigenvalue weighted by Gasteiger charge is 1.96. The van der Waals surface area contributed by atoms with Crippen LogP contribution in [0, 0.1) is 6.92 Å². The van der Waals surface area contributed by atoms with Crippen LogP contribution < -0.4 is 0 Å². The molecule has 2 aromatic rings. The normalized spacial score (nSPS) is 9.25. The van der Waals surface area contributed by atoms with E-state index in [0.29, 0.717) is 5.78 Å². The fourth-order valence-corrected chi connectivity index (χ4v) is 0.855. The minimum atomic E-state index is 0.653. The number of hydrogen-bond acceptors (Lipinski definition) is 3. The standard InChI is InChI=1S/C6H6N4.C2H6/c1-5-8-9-6-7-3-2-4-10(5)6;1-2/h2-4H,1H3;1-2H3. The van der Waals surface area contributed by atoms with Crippen LogP contribution in [0.15, 0.2) is 18.5 Å². The highest BCUT2D eigenvalue weighted by atomic mass is 15.3. The minimum absolute atomic E-state index is 0.653. The van der Waals surface area contributed by atoms with Crippen LogP contribution >= 0.6 is 0 Å². The zero-order valence-corrected chi connectivity index (χ0v) is 7.52. The van der Waals surface area contributed by atoms with Gasteiger partial charge in [0.1, 0.15) is 5.82 Å². The van der Waals surface area contributed by atoms with E-state index in [1.165, 1.54) is 0 Å². The molecule has 0 atom stereocenters. The molecule has 0 aliphatic carbocycles. The molecule has 0 amide bonds. The van der Waals surface area contributed by atoms with Crippen LogP contribution in [0.3, 0.4) is 0 Å². The summed E-state index contributed by atoms with van der Waals surface area (Å²) < 4.78 is 1.83. The van der Waals surface area contributed by atoms with Gasteiger partial charge in [-0.1, -0.05) is 13.8 Å². The van der Waals surface area contributed by atoms with E-state index in [1.54, 1.807) is 6.20 Å². The van der Waals surface area contributed by atoms with Crippen molar-refractivity contribution in [1.29, 1.82) is 0 Å². The lowest BCUT2D eigenvalue weighted by molar-refractivity contribution is 1.00. The maximum absolute atomic E-state index is 3.99. The summed E-state index contributed by atoms with van der Waals surface area (Å²) in [6.45, 7) is 5.89. The first-order chi connectivity index (χ1) is 5.88. The lowest BCUT2D eigenvalue weighted by atomic mass is 10.6. The number of aromatic nitrogens is 4. The highest BCUT2D eigenvalue weighted by molar-refractivity contribution is 5.25. The fraction of sp³-hybridized carbons (Fsp3) is 0.375. The van der Waals surface area contributed by atoms with Gasteiger partial charge in [0.15, 0.2) is 0 Å². The van der Waals surface area contributed by atoms with Gasteiger partial charge in [-0.25, -0.2) is 4.98 Å². The molecule has 0 unspecified atom stereocenters. The highest BCUT2D eigenvalue weighted by Crippen LogP contribution is 1.95. The van der Waals surface area contributed by atoms with Crippen molar-refractivity contribution in [3.8, 4) is 0 Å². The lowest BCUT2D eigenvalue weighted by Crippen LogP contribution is -1.87. The van der Waals surface area contributed by atoms with Crippen molar-refractivity contribution in [2.45, 2.75) is 20.8 Å². The summed E-state index contributed by atoms with van der Waals surface area (Å²) in [6, 6.07) is 1.85. The number of hydrogen-bond donors (Lipinski definition) is 0. The second-order valence-corrected chi connectivity index (χ2v) is 2.04. The van der Waals surface area contributed by atoms with Crippen LogP contribution in [-0.4, -0.2) is 19.6 Å². The third-order valence-corrected chi connectivity index (χ3v) is 1.36. The average molecular weight is 164 g/mol. The second-order valence-electron chi connectivity index (χ2n) is 2.04. The molecule has 0 radical (unpaired) electrons. The maximum Gasteiger partial charge on any atom is 0.254 e. The van der Waals surface area contributed by atoms with Crippen molar-refractivity contribution in [3.63, 3.8) is 0 Å². The number of aryl methyl sites for hydroxylation is 1. The first-order valence-corrected chi connectivity index (χ1v) is 4.00. The molecule has 12 heavy (non-hydrogen) atoms. The topological polar surface area (TPSA) is 43.1 Å². The van der Waals surface area contributed by atoms with Gasteiger partial charge in [0.25, 0.3) is 5.78 Å². The molecule has 2 rings (SSSR count). The van der Waals surface area contributed by atoms with Gasteiger partial charge in [-0.05, 0) is 13.0 Å². The molecule has 0 aliphatic heterocycles. The van der Waals surface area contributed by atoms with Gasteiger partial charge in [0, 0.05) is 12.4 Å². The Bertz CT molecular complexity index is 353. The first-order valence-electron chi connectivity index (χ1n) is 4.00. The molecule has 0 spiro atoms. The zero-order valence-electron chi connectivity index (χ0n) is 7.52. The van der Waals surface area contributed by atoms with E-state index in [1.807, 2.05) is 37.4 Å². The van der Waals surface area contributed by atoms with Gasteiger partial charge < -0.3 is 0 Å². The van der Waals surface area contributed by atoms with Crippen LogP contribution in [0.25, 0.3) is 5.78 Å². The summed E-state index contributed by atoms with van der Waals surface area (Å²) in [5, 5.41) is 7.67. The number of nitrogens with zero attached hydrogens (tertiary/aromatic N) is 4. The molecule has 0 saturated carbocycles. The second kappa shape index (κ2) is 3.80. The van der Waals surface area contributed by atoms with Crippen LogP contribution in [-0.2, 0) is 0 Å². The van der Waals surface area contributed by atoms with Crippen LogP contribution in [0.2, 0.25) is 0 Å². The molecule has 0 N–H and O–H groups in total. The van der Waals surface area contributed by atoms with E-state index < -0.39 is 0 Å².